The van der Waals surface area contributed by atoms with E-state index in [0.717, 1.165) is 99.5 Å². The van der Waals surface area contributed by atoms with E-state index in [4.69, 9.17) is 18.2 Å². The molecule has 0 amide bonds. The van der Waals surface area contributed by atoms with Crippen LogP contribution in [0.5, 0.6) is 0 Å². The van der Waals surface area contributed by atoms with E-state index in [9.17, 15) is 0 Å². The Hall–Kier alpha value is -6.63. The molecule has 0 radical (unpaired) electrons. The first-order valence-corrected chi connectivity index (χ1v) is 17.6. The van der Waals surface area contributed by atoms with Crippen LogP contribution >= 0.6 is 0 Å². The van der Waals surface area contributed by atoms with Gasteiger partial charge in [-0.3, -0.25) is 5.32 Å². The molecule has 2 unspecified atom stereocenters. The van der Waals surface area contributed by atoms with Crippen LogP contribution < -0.4 is 5.32 Å². The standard InChI is InChI=1S/C46H31N3O3/c1-49-45(27-11-3-2-4-12-27)47-44(48-46(49)29-22-24-33-31-13-5-7-19-38(31)50-40(33)26-29)37-18-10-17-36-34-23-21-28(25-41(34)52-43(36)37)30-15-9-16-35-32-14-6-8-20-39(32)51-42(30)35/h2-26,44,46,48H,1H3. The minimum Gasteiger partial charge on any atom is -0.456 e. The quantitative estimate of drug-likeness (QED) is 0.201. The molecule has 1 N–H and O–H groups in total. The lowest BCUT2D eigenvalue weighted by Gasteiger charge is -2.39. The van der Waals surface area contributed by atoms with Crippen molar-refractivity contribution in [2.24, 2.45) is 4.99 Å². The van der Waals surface area contributed by atoms with Gasteiger partial charge in [-0.1, -0.05) is 121 Å². The summed E-state index contributed by atoms with van der Waals surface area (Å²) in [5.41, 5.74) is 10.3. The molecular formula is C46H31N3O3. The third kappa shape index (κ3) is 4.38. The highest BCUT2D eigenvalue weighted by Gasteiger charge is 2.32. The number of nitrogens with one attached hydrogen (secondary N) is 1. The summed E-state index contributed by atoms with van der Waals surface area (Å²) >= 11 is 0. The monoisotopic (exact) mass is 673 g/mol. The minimum absolute atomic E-state index is 0.189. The van der Waals surface area contributed by atoms with E-state index in [1.54, 1.807) is 0 Å². The molecule has 0 saturated carbocycles. The van der Waals surface area contributed by atoms with Gasteiger partial charge < -0.3 is 18.2 Å². The zero-order valence-electron chi connectivity index (χ0n) is 28.2. The van der Waals surface area contributed by atoms with Crippen molar-refractivity contribution in [2.45, 2.75) is 12.3 Å². The second kappa shape index (κ2) is 11.2. The first kappa shape index (κ1) is 29.1. The fraction of sp³-hybridized carbons (Fsp3) is 0.0652. The van der Waals surface area contributed by atoms with Crippen molar-refractivity contribution in [3.63, 3.8) is 0 Å². The van der Waals surface area contributed by atoms with Crippen molar-refractivity contribution in [2.75, 3.05) is 7.05 Å². The van der Waals surface area contributed by atoms with Gasteiger partial charge in [-0.05, 0) is 41.5 Å². The molecule has 52 heavy (non-hydrogen) atoms. The van der Waals surface area contributed by atoms with Crippen molar-refractivity contribution < 1.29 is 13.3 Å². The largest absolute Gasteiger partial charge is 0.456 e. The zero-order valence-corrected chi connectivity index (χ0v) is 28.2. The summed E-state index contributed by atoms with van der Waals surface area (Å²) in [5.74, 6) is 0.897. The van der Waals surface area contributed by atoms with E-state index in [1.807, 2.05) is 30.3 Å². The Morgan fingerprint density at radius 2 is 1.12 bits per heavy atom. The average molecular weight is 674 g/mol. The number of aliphatic imine (C=N–C) groups is 1. The molecule has 6 nitrogen and oxygen atoms in total. The van der Waals surface area contributed by atoms with E-state index in [1.165, 1.54) is 0 Å². The van der Waals surface area contributed by atoms with Crippen molar-refractivity contribution in [3.8, 4) is 11.1 Å². The maximum Gasteiger partial charge on any atom is 0.143 e. The smallest absolute Gasteiger partial charge is 0.143 e. The zero-order chi connectivity index (χ0) is 34.3. The van der Waals surface area contributed by atoms with Gasteiger partial charge in [-0.25, -0.2) is 4.99 Å². The van der Waals surface area contributed by atoms with Crippen LogP contribution in [0, 0.1) is 0 Å². The Morgan fingerprint density at radius 3 is 1.96 bits per heavy atom. The molecule has 0 bridgehead atoms. The highest BCUT2D eigenvalue weighted by molar-refractivity contribution is 6.11. The van der Waals surface area contributed by atoms with Crippen LogP contribution in [0.4, 0.5) is 0 Å². The van der Waals surface area contributed by atoms with Crippen LogP contribution in [-0.4, -0.2) is 17.8 Å². The molecule has 11 rings (SSSR count). The molecule has 6 heteroatoms. The molecule has 10 aromatic rings. The van der Waals surface area contributed by atoms with Crippen LogP contribution in [-0.2, 0) is 0 Å². The first-order valence-electron chi connectivity index (χ1n) is 17.6. The number of furan rings is 3. The highest BCUT2D eigenvalue weighted by Crippen LogP contribution is 2.41. The Morgan fingerprint density at radius 1 is 0.500 bits per heavy atom. The number of nitrogens with zero attached hydrogens (tertiary/aromatic N) is 2. The van der Waals surface area contributed by atoms with Gasteiger partial charge >= 0.3 is 0 Å². The van der Waals surface area contributed by atoms with Crippen LogP contribution in [0.3, 0.4) is 0 Å². The maximum absolute atomic E-state index is 6.80. The van der Waals surface area contributed by atoms with Gasteiger partial charge in [-0.2, -0.15) is 0 Å². The third-order valence-electron chi connectivity index (χ3n) is 10.6. The lowest BCUT2D eigenvalue weighted by Crippen LogP contribution is -2.46. The Kier molecular flexibility index (Phi) is 6.27. The lowest BCUT2D eigenvalue weighted by molar-refractivity contribution is 0.257. The highest BCUT2D eigenvalue weighted by atomic mass is 16.3. The van der Waals surface area contributed by atoms with E-state index in [0.29, 0.717) is 0 Å². The number of benzene rings is 7. The molecule has 0 spiro atoms. The fourth-order valence-electron chi connectivity index (χ4n) is 8.07. The molecule has 3 aromatic heterocycles. The number of fused-ring (bicyclic) bond motifs is 9. The van der Waals surface area contributed by atoms with Gasteiger partial charge in [0.15, 0.2) is 0 Å². The SMILES string of the molecule is CN1C(c2ccccc2)=NC(c2cccc3c2oc2cc(-c4cccc5c4oc4ccccc45)ccc23)NC1c1ccc2c(c1)oc1ccccc12. The number of hydrogen-bond donors (Lipinski definition) is 1. The van der Waals surface area contributed by atoms with Crippen molar-refractivity contribution in [3.05, 3.63) is 168 Å². The second-order valence-electron chi connectivity index (χ2n) is 13.6. The van der Waals surface area contributed by atoms with Crippen LogP contribution in [0.25, 0.3) is 76.9 Å². The van der Waals surface area contributed by atoms with Gasteiger partial charge in [-0.15, -0.1) is 0 Å². The van der Waals surface area contributed by atoms with Crippen LogP contribution in [0.15, 0.2) is 170 Å². The van der Waals surface area contributed by atoms with Crippen LogP contribution in [0.2, 0.25) is 0 Å². The Balaban J connectivity index is 1.04. The summed E-state index contributed by atoms with van der Waals surface area (Å²) in [6, 6.07) is 52.4. The molecule has 2 atom stereocenters. The van der Waals surface area contributed by atoms with Gasteiger partial charge in [0, 0.05) is 56.1 Å². The Labute approximate surface area is 298 Å². The van der Waals surface area contributed by atoms with E-state index in [-0.39, 0.29) is 12.3 Å². The fourth-order valence-corrected chi connectivity index (χ4v) is 8.07. The summed E-state index contributed by atoms with van der Waals surface area (Å²) in [6.45, 7) is 0. The van der Waals surface area contributed by atoms with Crippen LogP contribution in [0.1, 0.15) is 29.0 Å². The Bertz CT molecular complexity index is 3040. The average Bonchev–Trinajstić information content (AvgIpc) is 3.89. The second-order valence-corrected chi connectivity index (χ2v) is 13.6. The summed E-state index contributed by atoms with van der Waals surface area (Å²) in [4.78, 5) is 7.56. The van der Waals surface area contributed by atoms with Gasteiger partial charge in [0.05, 0.1) is 0 Å². The van der Waals surface area contributed by atoms with Crippen molar-refractivity contribution >= 4 is 71.7 Å². The van der Waals surface area contributed by atoms with Crippen molar-refractivity contribution in [1.82, 2.24) is 10.2 Å². The van der Waals surface area contributed by atoms with E-state index >= 15 is 0 Å². The maximum atomic E-state index is 6.80. The molecule has 0 fully saturated rings. The molecule has 1 aliphatic rings. The lowest BCUT2D eigenvalue weighted by atomic mass is 10.00. The normalized spacial score (nSPS) is 16.6. The molecule has 4 heterocycles. The number of amidine groups is 1. The molecule has 0 aliphatic carbocycles. The molecule has 7 aromatic carbocycles. The topological polar surface area (TPSA) is 67.1 Å². The molecule has 0 saturated heterocycles. The number of rotatable bonds is 4. The van der Waals surface area contributed by atoms with Gasteiger partial charge in [0.2, 0.25) is 0 Å². The predicted octanol–water partition coefficient (Wildman–Crippen LogP) is 11.7. The number of hydrogen-bond acceptors (Lipinski definition) is 6. The summed E-state index contributed by atoms with van der Waals surface area (Å²) in [6.07, 6.45) is -0.568. The summed E-state index contributed by atoms with van der Waals surface area (Å²) < 4.78 is 19.5. The molecular weight excluding hydrogens is 643 g/mol. The summed E-state index contributed by atoms with van der Waals surface area (Å²) in [5, 5.41) is 10.4. The third-order valence-corrected chi connectivity index (χ3v) is 10.6. The van der Waals surface area contributed by atoms with Gasteiger partial charge in [0.25, 0.3) is 0 Å². The molecule has 248 valence electrons. The minimum atomic E-state index is -0.379. The van der Waals surface area contributed by atoms with E-state index < -0.39 is 0 Å². The first-order chi connectivity index (χ1) is 25.7. The van der Waals surface area contributed by atoms with Gasteiger partial charge in [0.1, 0.15) is 51.7 Å². The number of para-hydroxylation sites is 4. The molecule has 1 aliphatic heterocycles. The van der Waals surface area contributed by atoms with Crippen molar-refractivity contribution in [1.29, 1.82) is 0 Å². The summed E-state index contributed by atoms with van der Waals surface area (Å²) in [7, 11) is 2.09. The van der Waals surface area contributed by atoms with E-state index in [2.05, 4.69) is 139 Å². The predicted molar refractivity (Wildman–Crippen MR) is 210 cm³/mol.